The molecule has 7 heteroatoms. The molecule has 0 spiro atoms. The monoisotopic (exact) mass is 547 g/mol. The summed E-state index contributed by atoms with van der Waals surface area (Å²) in [5.41, 5.74) is 5.88. The highest BCUT2D eigenvalue weighted by Gasteiger charge is 2.20. The first-order chi connectivity index (χ1) is 17.7. The Morgan fingerprint density at radius 2 is 1.14 bits per heavy atom. The van der Waals surface area contributed by atoms with Crippen LogP contribution < -0.4 is 5.73 Å². The molecule has 0 saturated heterocycles. The molecule has 6 nitrogen and oxygen atoms in total. The maximum absolute atomic E-state index is 11.8. The SMILES string of the molecule is CCCCCCCC/C=C/CCCCCCCCCCCCOC(=O)[C@@H](N)[C@@H](C)CC.CCS(=O)(=O)O. The molecule has 0 amide bonds. The van der Waals surface area contributed by atoms with Crippen molar-refractivity contribution in [1.29, 1.82) is 0 Å². The molecule has 0 aliphatic rings. The smallest absolute Gasteiger partial charge is 0.323 e. The van der Waals surface area contributed by atoms with E-state index in [2.05, 4.69) is 19.1 Å². The van der Waals surface area contributed by atoms with Gasteiger partial charge < -0.3 is 10.5 Å². The molecule has 0 aromatic heterocycles. The molecule has 0 bridgehead atoms. The number of hydrogen-bond donors (Lipinski definition) is 2. The highest BCUT2D eigenvalue weighted by Crippen LogP contribution is 2.13. The third-order valence-electron chi connectivity index (χ3n) is 6.79. The number of rotatable bonds is 24. The van der Waals surface area contributed by atoms with Crippen molar-refractivity contribution in [2.45, 2.75) is 156 Å². The molecule has 0 rings (SSSR count). The van der Waals surface area contributed by atoms with Gasteiger partial charge in [0.15, 0.2) is 0 Å². The van der Waals surface area contributed by atoms with Crippen LogP contribution in [0.25, 0.3) is 0 Å². The fourth-order valence-corrected chi connectivity index (χ4v) is 3.81. The molecule has 0 aromatic rings. The highest BCUT2D eigenvalue weighted by molar-refractivity contribution is 7.85. The molecular formula is C30H61NO5S. The van der Waals surface area contributed by atoms with Gasteiger partial charge in [0.1, 0.15) is 6.04 Å². The summed E-state index contributed by atoms with van der Waals surface area (Å²) in [6, 6.07) is -0.467. The minimum Gasteiger partial charge on any atom is -0.465 e. The maximum atomic E-state index is 11.8. The van der Waals surface area contributed by atoms with Crippen LogP contribution in [0.3, 0.4) is 0 Å². The summed E-state index contributed by atoms with van der Waals surface area (Å²) in [4.78, 5) is 11.8. The Bertz CT molecular complexity index is 621. The second kappa shape index (κ2) is 28.1. The van der Waals surface area contributed by atoms with Gasteiger partial charge in [-0.3, -0.25) is 9.35 Å². The van der Waals surface area contributed by atoms with Crippen molar-refractivity contribution < 1.29 is 22.5 Å². The minimum absolute atomic E-state index is 0.193. The van der Waals surface area contributed by atoms with E-state index in [9.17, 15) is 13.2 Å². The second-order valence-electron chi connectivity index (χ2n) is 10.3. The molecule has 0 saturated carbocycles. The fraction of sp³-hybridized carbons (Fsp3) is 0.900. The van der Waals surface area contributed by atoms with Crippen LogP contribution in [0.1, 0.15) is 150 Å². The van der Waals surface area contributed by atoms with Crippen molar-refractivity contribution in [3.63, 3.8) is 0 Å². The lowest BCUT2D eigenvalue weighted by Gasteiger charge is -2.16. The normalized spacial score (nSPS) is 13.2. The first-order valence-electron chi connectivity index (χ1n) is 15.2. The molecular weight excluding hydrogens is 486 g/mol. The Morgan fingerprint density at radius 3 is 1.51 bits per heavy atom. The third-order valence-corrected chi connectivity index (χ3v) is 7.52. The van der Waals surface area contributed by atoms with E-state index in [1.54, 1.807) is 0 Å². The average Bonchev–Trinajstić information content (AvgIpc) is 2.88. The van der Waals surface area contributed by atoms with E-state index in [0.717, 1.165) is 19.3 Å². The van der Waals surface area contributed by atoms with E-state index in [4.69, 9.17) is 15.0 Å². The van der Waals surface area contributed by atoms with Gasteiger partial charge in [-0.15, -0.1) is 0 Å². The molecule has 2 atom stereocenters. The summed E-state index contributed by atoms with van der Waals surface area (Å²) in [5, 5.41) is 0. The zero-order valence-corrected chi connectivity index (χ0v) is 25.5. The van der Waals surface area contributed by atoms with E-state index in [1.165, 1.54) is 110 Å². The number of carbonyl (C=O) groups is 1. The molecule has 37 heavy (non-hydrogen) atoms. The van der Waals surface area contributed by atoms with Crippen LogP contribution in [0.4, 0.5) is 0 Å². The summed E-state index contributed by atoms with van der Waals surface area (Å²) in [6.45, 7) is 8.22. The van der Waals surface area contributed by atoms with E-state index in [1.807, 2.05) is 13.8 Å². The predicted octanol–water partition coefficient (Wildman–Crippen LogP) is 8.40. The summed E-state index contributed by atoms with van der Waals surface area (Å²) in [5.74, 6) is -0.242. The molecule has 0 unspecified atom stereocenters. The van der Waals surface area contributed by atoms with Gasteiger partial charge in [0.2, 0.25) is 0 Å². The summed E-state index contributed by atoms with van der Waals surface area (Å²) in [7, 11) is -3.66. The third kappa shape index (κ3) is 31.2. The van der Waals surface area contributed by atoms with Crippen molar-refractivity contribution in [1.82, 2.24) is 0 Å². The highest BCUT2D eigenvalue weighted by atomic mass is 32.2. The molecule has 0 aliphatic carbocycles. The summed E-state index contributed by atoms with van der Waals surface area (Å²) >= 11 is 0. The second-order valence-corrected chi connectivity index (χ2v) is 12.0. The van der Waals surface area contributed by atoms with Crippen LogP contribution >= 0.6 is 0 Å². The van der Waals surface area contributed by atoms with Gasteiger partial charge in [-0.25, -0.2) is 0 Å². The number of allylic oxidation sites excluding steroid dienone is 2. The maximum Gasteiger partial charge on any atom is 0.323 e. The van der Waals surface area contributed by atoms with Crippen molar-refractivity contribution in [2.24, 2.45) is 11.7 Å². The lowest BCUT2D eigenvalue weighted by molar-refractivity contribution is -0.146. The van der Waals surface area contributed by atoms with E-state index in [0.29, 0.717) is 6.61 Å². The Morgan fingerprint density at radius 1 is 0.757 bits per heavy atom. The number of nitrogens with two attached hydrogens (primary N) is 1. The number of ether oxygens (including phenoxy) is 1. The van der Waals surface area contributed by atoms with Gasteiger partial charge in [-0.2, -0.15) is 8.42 Å². The number of carbonyl (C=O) groups excluding carboxylic acids is 1. The summed E-state index contributed by atoms with van der Waals surface area (Å²) < 4.78 is 32.2. The lowest BCUT2D eigenvalue weighted by atomic mass is 10.0. The molecule has 0 radical (unpaired) electrons. The first-order valence-corrected chi connectivity index (χ1v) is 16.8. The molecule has 0 aliphatic heterocycles. The first kappa shape index (κ1) is 38.2. The van der Waals surface area contributed by atoms with Gasteiger partial charge in [-0.1, -0.05) is 123 Å². The topological polar surface area (TPSA) is 107 Å². The fourth-order valence-electron chi connectivity index (χ4n) is 3.81. The Balaban J connectivity index is 0. The van der Waals surface area contributed by atoms with E-state index in [-0.39, 0.29) is 17.6 Å². The van der Waals surface area contributed by atoms with Gasteiger partial charge in [-0.05, 0) is 44.9 Å². The predicted molar refractivity (Wildman–Crippen MR) is 158 cm³/mol. The zero-order valence-electron chi connectivity index (χ0n) is 24.7. The average molecular weight is 548 g/mol. The van der Waals surface area contributed by atoms with Crippen molar-refractivity contribution >= 4 is 16.1 Å². The van der Waals surface area contributed by atoms with Crippen LogP contribution in [0, 0.1) is 5.92 Å². The van der Waals surface area contributed by atoms with Crippen molar-refractivity contribution in [3.8, 4) is 0 Å². The number of esters is 1. The molecule has 3 N–H and O–H groups in total. The minimum atomic E-state index is -3.66. The van der Waals surface area contributed by atoms with Crippen molar-refractivity contribution in [3.05, 3.63) is 12.2 Å². The summed E-state index contributed by atoms with van der Waals surface area (Å²) in [6.07, 6.45) is 29.5. The molecule has 222 valence electrons. The number of unbranched alkanes of at least 4 members (excludes halogenated alkanes) is 16. The lowest BCUT2D eigenvalue weighted by Crippen LogP contribution is -2.38. The van der Waals surface area contributed by atoms with Crippen LogP contribution in [0.5, 0.6) is 0 Å². The van der Waals surface area contributed by atoms with Crippen molar-refractivity contribution in [2.75, 3.05) is 12.4 Å². The Labute approximate surface area is 230 Å². The quantitative estimate of drug-likeness (QED) is 0.0544. The molecule has 0 aromatic carbocycles. The Hall–Kier alpha value is -0.920. The van der Waals surface area contributed by atoms with Gasteiger partial charge in [0, 0.05) is 0 Å². The van der Waals surface area contributed by atoms with Gasteiger partial charge >= 0.3 is 5.97 Å². The van der Waals surface area contributed by atoms with Gasteiger partial charge in [0.25, 0.3) is 10.1 Å². The molecule has 0 heterocycles. The van der Waals surface area contributed by atoms with Crippen LogP contribution in [0.2, 0.25) is 0 Å². The zero-order chi connectivity index (χ0) is 28.2. The van der Waals surface area contributed by atoms with E-state index < -0.39 is 16.2 Å². The van der Waals surface area contributed by atoms with Gasteiger partial charge in [0.05, 0.1) is 12.4 Å². The van der Waals surface area contributed by atoms with Crippen LogP contribution in [0.15, 0.2) is 12.2 Å². The van der Waals surface area contributed by atoms with E-state index >= 15 is 0 Å². The van der Waals surface area contributed by atoms with Crippen LogP contribution in [-0.4, -0.2) is 37.3 Å². The largest absolute Gasteiger partial charge is 0.465 e. The number of hydrogen-bond acceptors (Lipinski definition) is 5. The Kier molecular flexibility index (Phi) is 29.0. The standard InChI is InChI=1S/C28H55NO2.C2H6O3S/c1-4-6-7-8-9-10-11-12-13-14-15-16-17-18-19-20-21-22-23-24-25-31-28(30)27(29)26(3)5-2;1-2-6(3,4)5/h12-13,26-27H,4-11,14-25,29H2,1-3H3;2H2,1H3,(H,3,4,5)/b13-12+;/t26-,27-;/m0./s1. The van der Waals surface area contributed by atoms with Crippen LogP contribution in [-0.2, 0) is 19.6 Å². The molecule has 0 fully saturated rings.